The molecule has 0 saturated carbocycles. The molecule has 1 N–H and O–H groups in total. The van der Waals surface area contributed by atoms with Gasteiger partial charge >= 0.3 is 0 Å². The minimum absolute atomic E-state index is 0.183. The molecule has 1 fully saturated rings. The van der Waals surface area contributed by atoms with Crippen LogP contribution in [0.1, 0.15) is 15.9 Å². The maximum absolute atomic E-state index is 12.6. The second-order valence-corrected chi connectivity index (χ2v) is 6.70. The van der Waals surface area contributed by atoms with E-state index < -0.39 is 0 Å². The van der Waals surface area contributed by atoms with Gasteiger partial charge in [0.05, 0.1) is 24.5 Å². The molecule has 0 spiro atoms. The fourth-order valence-corrected chi connectivity index (χ4v) is 3.20. The number of hydrogen-bond donors (Lipinski definition) is 1. The highest BCUT2D eigenvalue weighted by atomic mass is 16.5. The van der Waals surface area contributed by atoms with E-state index in [4.69, 9.17) is 4.74 Å². The summed E-state index contributed by atoms with van der Waals surface area (Å²) in [7, 11) is 0. The molecule has 28 heavy (non-hydrogen) atoms. The standard InChI is InChI=1S/C22H22N4O2/c1-16-5-7-18(14-19(16)20-4-2-3-9-23-20)25-22(27)17-6-8-21(24-15-17)26-10-12-28-13-11-26/h2-9,14-15H,10-13H2,1H3,(H,25,27). The van der Waals surface area contributed by atoms with Crippen LogP contribution in [0.15, 0.2) is 60.9 Å². The first kappa shape index (κ1) is 18.1. The van der Waals surface area contributed by atoms with Gasteiger partial charge in [-0.25, -0.2) is 4.98 Å². The summed E-state index contributed by atoms with van der Waals surface area (Å²) in [6.07, 6.45) is 3.38. The SMILES string of the molecule is Cc1ccc(NC(=O)c2ccc(N3CCOCC3)nc2)cc1-c1ccccn1. The number of nitrogens with one attached hydrogen (secondary N) is 1. The minimum Gasteiger partial charge on any atom is -0.378 e. The third kappa shape index (κ3) is 4.02. The summed E-state index contributed by atoms with van der Waals surface area (Å²) in [6.45, 7) is 5.08. The quantitative estimate of drug-likeness (QED) is 0.757. The number of pyridine rings is 2. The van der Waals surface area contributed by atoms with Crippen LogP contribution in [-0.2, 0) is 4.74 Å². The Morgan fingerprint density at radius 3 is 2.64 bits per heavy atom. The Balaban J connectivity index is 1.49. The van der Waals surface area contributed by atoms with Gasteiger partial charge in [-0.3, -0.25) is 9.78 Å². The maximum Gasteiger partial charge on any atom is 0.257 e. The second-order valence-electron chi connectivity index (χ2n) is 6.70. The Morgan fingerprint density at radius 1 is 1.07 bits per heavy atom. The normalized spacial score (nSPS) is 14.0. The lowest BCUT2D eigenvalue weighted by atomic mass is 10.0. The smallest absolute Gasteiger partial charge is 0.257 e. The van der Waals surface area contributed by atoms with Crippen LogP contribution < -0.4 is 10.2 Å². The van der Waals surface area contributed by atoms with E-state index in [9.17, 15) is 4.79 Å². The summed E-state index contributed by atoms with van der Waals surface area (Å²) in [6, 6.07) is 15.3. The van der Waals surface area contributed by atoms with E-state index in [1.165, 1.54) is 0 Å². The number of hydrogen-bond acceptors (Lipinski definition) is 5. The highest BCUT2D eigenvalue weighted by Crippen LogP contribution is 2.25. The topological polar surface area (TPSA) is 67.4 Å². The van der Waals surface area contributed by atoms with Gasteiger partial charge in [-0.05, 0) is 48.9 Å². The lowest BCUT2D eigenvalue weighted by Crippen LogP contribution is -2.36. The minimum atomic E-state index is -0.183. The monoisotopic (exact) mass is 374 g/mol. The number of anilines is 2. The van der Waals surface area contributed by atoms with Crippen LogP contribution in [0, 0.1) is 6.92 Å². The van der Waals surface area contributed by atoms with Gasteiger partial charge in [0.15, 0.2) is 0 Å². The molecule has 3 heterocycles. The average molecular weight is 374 g/mol. The number of amides is 1. The van der Waals surface area contributed by atoms with E-state index in [0.29, 0.717) is 18.8 Å². The van der Waals surface area contributed by atoms with Gasteiger partial charge in [-0.1, -0.05) is 12.1 Å². The summed E-state index contributed by atoms with van der Waals surface area (Å²) in [5.41, 5.74) is 4.24. The van der Waals surface area contributed by atoms with Crippen LogP contribution >= 0.6 is 0 Å². The van der Waals surface area contributed by atoms with Crippen molar-refractivity contribution in [3.63, 3.8) is 0 Å². The zero-order chi connectivity index (χ0) is 19.3. The predicted molar refractivity (Wildman–Crippen MR) is 110 cm³/mol. The second kappa shape index (κ2) is 8.19. The van der Waals surface area contributed by atoms with E-state index in [0.717, 1.165) is 41.4 Å². The van der Waals surface area contributed by atoms with Crippen molar-refractivity contribution in [2.75, 3.05) is 36.5 Å². The van der Waals surface area contributed by atoms with Gasteiger partial charge in [0.2, 0.25) is 0 Å². The predicted octanol–water partition coefficient (Wildman–Crippen LogP) is 3.54. The first-order valence-corrected chi connectivity index (χ1v) is 9.33. The molecular weight excluding hydrogens is 352 g/mol. The highest BCUT2D eigenvalue weighted by molar-refractivity contribution is 6.04. The molecule has 1 aromatic carbocycles. The molecule has 142 valence electrons. The van der Waals surface area contributed by atoms with Gasteiger partial charge in [-0.2, -0.15) is 0 Å². The van der Waals surface area contributed by atoms with E-state index in [-0.39, 0.29) is 5.91 Å². The number of benzene rings is 1. The molecule has 6 nitrogen and oxygen atoms in total. The molecule has 1 saturated heterocycles. The van der Waals surface area contributed by atoms with Gasteiger partial charge in [0, 0.05) is 36.7 Å². The van der Waals surface area contributed by atoms with Crippen LogP contribution in [0.5, 0.6) is 0 Å². The number of ether oxygens (including phenoxy) is 1. The Kier molecular flexibility index (Phi) is 5.30. The summed E-state index contributed by atoms with van der Waals surface area (Å²) in [5, 5.41) is 2.95. The molecule has 0 bridgehead atoms. The van der Waals surface area contributed by atoms with Crippen LogP contribution in [0.25, 0.3) is 11.3 Å². The van der Waals surface area contributed by atoms with Crippen molar-refractivity contribution in [2.45, 2.75) is 6.92 Å². The van der Waals surface area contributed by atoms with E-state index in [2.05, 4.69) is 20.2 Å². The molecule has 4 rings (SSSR count). The van der Waals surface area contributed by atoms with Crippen LogP contribution in [0.3, 0.4) is 0 Å². The Morgan fingerprint density at radius 2 is 1.93 bits per heavy atom. The number of aromatic nitrogens is 2. The third-order valence-electron chi connectivity index (χ3n) is 4.78. The van der Waals surface area contributed by atoms with Crippen LogP contribution in [0.2, 0.25) is 0 Å². The lowest BCUT2D eigenvalue weighted by Gasteiger charge is -2.27. The van der Waals surface area contributed by atoms with E-state index in [1.807, 2.05) is 49.4 Å². The van der Waals surface area contributed by atoms with E-state index >= 15 is 0 Å². The first-order chi connectivity index (χ1) is 13.7. The molecule has 1 aliphatic rings. The molecule has 0 unspecified atom stereocenters. The molecule has 0 aliphatic carbocycles. The summed E-state index contributed by atoms with van der Waals surface area (Å²) >= 11 is 0. The summed E-state index contributed by atoms with van der Waals surface area (Å²) < 4.78 is 5.36. The molecule has 0 radical (unpaired) electrons. The van der Waals surface area contributed by atoms with Crippen molar-refractivity contribution in [3.8, 4) is 11.3 Å². The molecule has 3 aromatic rings. The van der Waals surface area contributed by atoms with Crippen LogP contribution in [-0.4, -0.2) is 42.2 Å². The molecular formula is C22H22N4O2. The molecule has 2 aromatic heterocycles. The average Bonchev–Trinajstić information content (AvgIpc) is 2.76. The van der Waals surface area contributed by atoms with Crippen molar-refractivity contribution in [2.24, 2.45) is 0 Å². The fourth-order valence-electron chi connectivity index (χ4n) is 3.20. The number of aryl methyl sites for hydroxylation is 1. The van der Waals surface area contributed by atoms with Gasteiger partial charge < -0.3 is 15.0 Å². The molecule has 0 atom stereocenters. The van der Waals surface area contributed by atoms with Crippen molar-refractivity contribution in [1.29, 1.82) is 0 Å². The third-order valence-corrected chi connectivity index (χ3v) is 4.78. The van der Waals surface area contributed by atoms with Crippen molar-refractivity contribution in [3.05, 3.63) is 72.1 Å². The molecule has 1 aliphatic heterocycles. The number of carbonyl (C=O) groups is 1. The number of carbonyl (C=O) groups excluding carboxylic acids is 1. The fraction of sp³-hybridized carbons (Fsp3) is 0.227. The van der Waals surface area contributed by atoms with E-state index in [1.54, 1.807) is 18.5 Å². The summed E-state index contributed by atoms with van der Waals surface area (Å²) in [4.78, 5) is 23.6. The Hall–Kier alpha value is -3.25. The zero-order valence-corrected chi connectivity index (χ0v) is 15.8. The van der Waals surface area contributed by atoms with Gasteiger partial charge in [-0.15, -0.1) is 0 Å². The number of rotatable bonds is 4. The Bertz CT molecular complexity index is 952. The van der Waals surface area contributed by atoms with Crippen molar-refractivity contribution in [1.82, 2.24) is 9.97 Å². The lowest BCUT2D eigenvalue weighted by molar-refractivity contribution is 0.102. The van der Waals surface area contributed by atoms with Crippen LogP contribution in [0.4, 0.5) is 11.5 Å². The maximum atomic E-state index is 12.6. The Labute approximate surface area is 164 Å². The zero-order valence-electron chi connectivity index (χ0n) is 15.8. The van der Waals surface area contributed by atoms with Gasteiger partial charge in [0.1, 0.15) is 5.82 Å². The summed E-state index contributed by atoms with van der Waals surface area (Å²) in [5.74, 6) is 0.685. The molecule has 6 heteroatoms. The molecule has 1 amide bonds. The van der Waals surface area contributed by atoms with Gasteiger partial charge in [0.25, 0.3) is 5.91 Å². The van der Waals surface area contributed by atoms with Crippen molar-refractivity contribution >= 4 is 17.4 Å². The highest BCUT2D eigenvalue weighted by Gasteiger charge is 2.14. The number of nitrogens with zero attached hydrogens (tertiary/aromatic N) is 3. The largest absolute Gasteiger partial charge is 0.378 e. The number of morpholine rings is 1. The van der Waals surface area contributed by atoms with Crippen molar-refractivity contribution < 1.29 is 9.53 Å². The first-order valence-electron chi connectivity index (χ1n) is 9.33.